The summed E-state index contributed by atoms with van der Waals surface area (Å²) >= 11 is 0. The van der Waals surface area contributed by atoms with Gasteiger partial charge in [0.25, 0.3) is 0 Å². The Morgan fingerprint density at radius 2 is 2.25 bits per heavy atom. The Labute approximate surface area is 142 Å². The van der Waals surface area contributed by atoms with Gasteiger partial charge in [-0.1, -0.05) is 6.07 Å². The van der Waals surface area contributed by atoms with Crippen molar-refractivity contribution in [3.05, 3.63) is 30.5 Å². The largest absolute Gasteiger partial charge is 0.496 e. The van der Waals surface area contributed by atoms with Crippen molar-refractivity contribution in [2.45, 2.75) is 51.3 Å². The summed E-state index contributed by atoms with van der Waals surface area (Å²) in [6.45, 7) is 5.52. The molecule has 0 aliphatic carbocycles. The monoisotopic (exact) mass is 330 g/mol. The van der Waals surface area contributed by atoms with Gasteiger partial charge in [0.1, 0.15) is 5.75 Å². The zero-order valence-corrected chi connectivity index (χ0v) is 14.7. The lowest BCUT2D eigenvalue weighted by Gasteiger charge is -2.35. The van der Waals surface area contributed by atoms with Crippen molar-refractivity contribution in [2.75, 3.05) is 13.7 Å². The van der Waals surface area contributed by atoms with Crippen molar-refractivity contribution in [1.29, 1.82) is 0 Å². The summed E-state index contributed by atoms with van der Waals surface area (Å²) in [4.78, 5) is 12.3. The molecule has 1 N–H and O–H groups in total. The van der Waals surface area contributed by atoms with E-state index in [1.165, 1.54) is 0 Å². The SMILES string of the molecule is COc1cccc2c1ccn2CCC(=O)NC1CCOC(C)(C)C1. The third-order valence-electron chi connectivity index (χ3n) is 4.64. The lowest BCUT2D eigenvalue weighted by Crippen LogP contribution is -2.45. The van der Waals surface area contributed by atoms with Crippen molar-refractivity contribution in [3.63, 3.8) is 0 Å². The second-order valence-corrected chi connectivity index (χ2v) is 7.02. The fraction of sp³-hybridized carbons (Fsp3) is 0.526. The van der Waals surface area contributed by atoms with Crippen LogP contribution in [-0.2, 0) is 16.1 Å². The molecule has 1 atom stereocenters. The molecule has 0 radical (unpaired) electrons. The molecule has 3 rings (SSSR count). The summed E-state index contributed by atoms with van der Waals surface area (Å²) in [5.74, 6) is 0.961. The third-order valence-corrected chi connectivity index (χ3v) is 4.64. The first-order valence-corrected chi connectivity index (χ1v) is 8.54. The highest BCUT2D eigenvalue weighted by atomic mass is 16.5. The number of aromatic nitrogens is 1. The van der Waals surface area contributed by atoms with Gasteiger partial charge < -0.3 is 19.4 Å². The van der Waals surface area contributed by atoms with Crippen LogP contribution in [-0.4, -0.2) is 35.8 Å². The van der Waals surface area contributed by atoms with Gasteiger partial charge in [-0.2, -0.15) is 0 Å². The number of nitrogens with zero attached hydrogens (tertiary/aromatic N) is 1. The highest BCUT2D eigenvalue weighted by Gasteiger charge is 2.29. The van der Waals surface area contributed by atoms with Crippen LogP contribution in [0.15, 0.2) is 30.5 Å². The van der Waals surface area contributed by atoms with Crippen molar-refractivity contribution in [3.8, 4) is 5.75 Å². The van der Waals surface area contributed by atoms with Crippen molar-refractivity contribution in [1.82, 2.24) is 9.88 Å². The Bertz CT molecular complexity index is 720. The molecule has 1 fully saturated rings. The van der Waals surface area contributed by atoms with Crippen LogP contribution in [0, 0.1) is 0 Å². The number of fused-ring (bicyclic) bond motifs is 1. The first-order chi connectivity index (χ1) is 11.5. The maximum atomic E-state index is 12.3. The zero-order chi connectivity index (χ0) is 17.2. The van der Waals surface area contributed by atoms with Crippen molar-refractivity contribution < 1.29 is 14.3 Å². The van der Waals surface area contributed by atoms with E-state index in [0.29, 0.717) is 19.6 Å². The Morgan fingerprint density at radius 1 is 1.42 bits per heavy atom. The predicted octanol–water partition coefficient (Wildman–Crippen LogP) is 3.11. The number of aryl methyl sites for hydroxylation is 1. The van der Waals surface area contributed by atoms with Crippen LogP contribution >= 0.6 is 0 Å². The standard InChI is InChI=1S/C19H26N2O3/c1-19(2)13-14(9-12-24-19)20-18(22)8-11-21-10-7-15-16(21)5-4-6-17(15)23-3/h4-7,10,14H,8-9,11-13H2,1-3H3,(H,20,22). The Kier molecular flexibility index (Phi) is 4.81. The zero-order valence-electron chi connectivity index (χ0n) is 14.7. The summed E-state index contributed by atoms with van der Waals surface area (Å²) in [5, 5.41) is 4.23. The molecule has 0 bridgehead atoms. The fourth-order valence-corrected chi connectivity index (χ4v) is 3.45. The van der Waals surface area contributed by atoms with Gasteiger partial charge in [-0.3, -0.25) is 4.79 Å². The van der Waals surface area contributed by atoms with Crippen molar-refractivity contribution in [2.24, 2.45) is 0 Å². The molecule has 1 aromatic carbocycles. The van der Waals surface area contributed by atoms with Gasteiger partial charge in [0.2, 0.25) is 5.91 Å². The highest BCUT2D eigenvalue weighted by Crippen LogP contribution is 2.26. The topological polar surface area (TPSA) is 52.5 Å². The molecule has 1 aliphatic heterocycles. The number of hydrogen-bond acceptors (Lipinski definition) is 3. The van der Waals surface area contributed by atoms with Crippen LogP contribution in [0.1, 0.15) is 33.1 Å². The molecule has 1 amide bonds. The maximum absolute atomic E-state index is 12.3. The lowest BCUT2D eigenvalue weighted by molar-refractivity contribution is -0.124. The first kappa shape index (κ1) is 16.8. The molecular formula is C19H26N2O3. The van der Waals surface area contributed by atoms with Gasteiger partial charge in [0, 0.05) is 37.2 Å². The van der Waals surface area contributed by atoms with E-state index >= 15 is 0 Å². The first-order valence-electron chi connectivity index (χ1n) is 8.54. The molecule has 24 heavy (non-hydrogen) atoms. The molecule has 0 saturated carbocycles. The van der Waals surface area contributed by atoms with Crippen LogP contribution < -0.4 is 10.1 Å². The average Bonchev–Trinajstić information content (AvgIpc) is 2.95. The van der Waals surface area contributed by atoms with Crippen LogP contribution in [0.25, 0.3) is 10.9 Å². The van der Waals surface area contributed by atoms with E-state index < -0.39 is 0 Å². The molecule has 1 saturated heterocycles. The normalized spacial score (nSPS) is 20.0. The van der Waals surface area contributed by atoms with Crippen molar-refractivity contribution >= 4 is 16.8 Å². The van der Waals surface area contributed by atoms with Gasteiger partial charge in [0.15, 0.2) is 0 Å². The van der Waals surface area contributed by atoms with E-state index in [-0.39, 0.29) is 17.6 Å². The van der Waals surface area contributed by atoms with Gasteiger partial charge in [-0.05, 0) is 44.9 Å². The second kappa shape index (κ2) is 6.85. The number of methoxy groups -OCH3 is 1. The minimum atomic E-state index is -0.149. The molecule has 5 heteroatoms. The van der Waals surface area contributed by atoms with Crippen LogP contribution in [0.4, 0.5) is 0 Å². The molecule has 1 aliphatic rings. The molecule has 1 unspecified atom stereocenters. The molecular weight excluding hydrogens is 304 g/mol. The Morgan fingerprint density at radius 3 is 3.00 bits per heavy atom. The minimum Gasteiger partial charge on any atom is -0.496 e. The number of benzene rings is 1. The van der Waals surface area contributed by atoms with E-state index in [1.54, 1.807) is 7.11 Å². The van der Waals surface area contributed by atoms with Gasteiger partial charge in [0.05, 0.1) is 18.2 Å². The molecule has 130 valence electrons. The number of carbonyl (C=O) groups excluding carboxylic acids is 1. The number of nitrogens with one attached hydrogen (secondary N) is 1. The maximum Gasteiger partial charge on any atom is 0.222 e. The highest BCUT2D eigenvalue weighted by molar-refractivity contribution is 5.86. The number of carbonyl (C=O) groups is 1. The number of hydrogen-bond donors (Lipinski definition) is 1. The molecule has 0 spiro atoms. The lowest BCUT2D eigenvalue weighted by atomic mass is 9.94. The quantitative estimate of drug-likeness (QED) is 0.916. The predicted molar refractivity (Wildman–Crippen MR) is 94.3 cm³/mol. The molecule has 2 aromatic rings. The number of ether oxygens (including phenoxy) is 2. The van der Waals surface area contributed by atoms with Crippen LogP contribution in [0.5, 0.6) is 5.75 Å². The van der Waals surface area contributed by atoms with E-state index in [1.807, 2.05) is 24.4 Å². The molecule has 1 aromatic heterocycles. The summed E-state index contributed by atoms with van der Waals surface area (Å²) < 4.78 is 13.2. The second-order valence-electron chi connectivity index (χ2n) is 7.02. The number of amides is 1. The van der Waals surface area contributed by atoms with Gasteiger partial charge in [-0.15, -0.1) is 0 Å². The minimum absolute atomic E-state index is 0.0995. The van der Waals surface area contributed by atoms with Gasteiger partial charge >= 0.3 is 0 Å². The fourth-order valence-electron chi connectivity index (χ4n) is 3.45. The summed E-state index contributed by atoms with van der Waals surface area (Å²) in [6.07, 6.45) is 4.23. The average molecular weight is 330 g/mol. The summed E-state index contributed by atoms with van der Waals surface area (Å²) in [7, 11) is 1.68. The smallest absolute Gasteiger partial charge is 0.222 e. The van der Waals surface area contributed by atoms with Crippen LogP contribution in [0.3, 0.4) is 0 Å². The summed E-state index contributed by atoms with van der Waals surface area (Å²) in [6, 6.07) is 8.22. The third kappa shape index (κ3) is 3.73. The van der Waals surface area contributed by atoms with Crippen LogP contribution in [0.2, 0.25) is 0 Å². The summed E-state index contributed by atoms with van der Waals surface area (Å²) in [5.41, 5.74) is 0.943. The van der Waals surface area contributed by atoms with E-state index in [0.717, 1.165) is 29.5 Å². The molecule has 2 heterocycles. The Balaban J connectivity index is 1.59. The number of rotatable bonds is 5. The Hall–Kier alpha value is -2.01. The van der Waals surface area contributed by atoms with E-state index in [9.17, 15) is 4.79 Å². The van der Waals surface area contributed by atoms with Gasteiger partial charge in [-0.25, -0.2) is 0 Å². The van der Waals surface area contributed by atoms with E-state index in [4.69, 9.17) is 9.47 Å². The van der Waals surface area contributed by atoms with E-state index in [2.05, 4.69) is 29.8 Å². The molecule has 5 nitrogen and oxygen atoms in total.